The minimum atomic E-state index is 0.274. The number of aldehydes is 1. The van der Waals surface area contributed by atoms with Gasteiger partial charge in [0.15, 0.2) is 0 Å². The second-order valence-corrected chi connectivity index (χ2v) is 11.3. The highest BCUT2D eigenvalue weighted by Gasteiger charge is 2.18. The molecule has 1 saturated carbocycles. The number of nitrogens with one attached hydrogen (secondary N) is 1. The van der Waals surface area contributed by atoms with E-state index in [9.17, 15) is 4.79 Å². The van der Waals surface area contributed by atoms with Gasteiger partial charge in [-0.1, -0.05) is 55.3 Å². The molecule has 3 aliphatic rings. The van der Waals surface area contributed by atoms with Crippen molar-refractivity contribution >= 4 is 51.9 Å². The Morgan fingerprint density at radius 1 is 0.825 bits per heavy atom. The summed E-state index contributed by atoms with van der Waals surface area (Å²) in [4.78, 5) is 21.9. The molecule has 2 aliphatic carbocycles. The molecule has 1 N–H and O–H groups in total. The number of carbonyl (C=O) groups excluding carboxylic acids is 1. The lowest BCUT2D eigenvalue weighted by atomic mass is 9.97. The lowest BCUT2D eigenvalue weighted by Gasteiger charge is -2.21. The van der Waals surface area contributed by atoms with E-state index in [1.165, 1.54) is 32.1 Å². The molecule has 1 fully saturated rings. The Bertz CT molecular complexity index is 1690. The summed E-state index contributed by atoms with van der Waals surface area (Å²) in [6.45, 7) is 0. The molecule has 0 amide bonds. The molecule has 0 saturated heterocycles. The van der Waals surface area contributed by atoms with Crippen LogP contribution in [0.5, 0.6) is 0 Å². The molecule has 202 valence electrons. The van der Waals surface area contributed by atoms with Gasteiger partial charge in [-0.2, -0.15) is 0 Å². The maximum Gasteiger partial charge on any atom is 0.150 e. The molecular weight excluding hydrogens is 539 g/mol. The molecule has 0 atom stereocenters. The van der Waals surface area contributed by atoms with Crippen molar-refractivity contribution in [3.63, 3.8) is 0 Å². The summed E-state index contributed by atoms with van der Waals surface area (Å²) in [5.41, 5.74) is 6.70. The normalized spacial score (nSPS) is 15.2. The monoisotopic (exact) mass is 568 g/mol. The van der Waals surface area contributed by atoms with Gasteiger partial charge in [-0.25, -0.2) is 4.98 Å². The number of fused-ring (bicyclic) bond motifs is 2. The van der Waals surface area contributed by atoms with Crippen LogP contribution in [0.3, 0.4) is 0 Å². The highest BCUT2D eigenvalue weighted by atomic mass is 35.5. The van der Waals surface area contributed by atoms with Crippen molar-refractivity contribution in [2.45, 2.75) is 51.0 Å². The first-order valence-corrected chi connectivity index (χ1v) is 14.6. The van der Waals surface area contributed by atoms with Crippen molar-refractivity contribution < 1.29 is 4.79 Å². The van der Waals surface area contributed by atoms with Crippen molar-refractivity contribution in [1.82, 2.24) is 9.55 Å². The molecule has 7 heteroatoms. The Labute approximate surface area is 243 Å². The zero-order valence-corrected chi connectivity index (χ0v) is 23.6. The number of hydrogen-bond acceptors (Lipinski definition) is 4. The first kappa shape index (κ1) is 26.5. The van der Waals surface area contributed by atoms with Gasteiger partial charge in [0, 0.05) is 27.0 Å². The van der Waals surface area contributed by atoms with E-state index in [1.807, 2.05) is 66.7 Å². The molecule has 5 nitrogen and oxygen atoms in total. The summed E-state index contributed by atoms with van der Waals surface area (Å²) < 4.78 is 2.17. The van der Waals surface area contributed by atoms with Crippen LogP contribution >= 0.6 is 23.2 Å². The van der Waals surface area contributed by atoms with E-state index < -0.39 is 0 Å². The number of benzene rings is 4. The number of hydrogen-bond donors (Lipinski definition) is 1. The van der Waals surface area contributed by atoms with Gasteiger partial charge in [0.1, 0.15) is 6.29 Å². The third kappa shape index (κ3) is 5.77. The van der Waals surface area contributed by atoms with E-state index in [-0.39, 0.29) is 6.04 Å². The van der Waals surface area contributed by atoms with Gasteiger partial charge in [0.2, 0.25) is 0 Å². The first-order chi connectivity index (χ1) is 19.6. The molecule has 40 heavy (non-hydrogen) atoms. The number of halogens is 2. The number of aromatic nitrogens is 2. The Kier molecular flexibility index (Phi) is 7.85. The van der Waals surface area contributed by atoms with Gasteiger partial charge in [0.25, 0.3) is 0 Å². The topological polar surface area (TPSA) is 59.3 Å². The molecule has 3 aromatic rings. The molecule has 0 bridgehead atoms. The Morgan fingerprint density at radius 3 is 2.20 bits per heavy atom. The van der Waals surface area contributed by atoms with Crippen molar-refractivity contribution in [1.29, 1.82) is 0 Å². The summed E-state index contributed by atoms with van der Waals surface area (Å²) >= 11 is 12.4. The quantitative estimate of drug-likeness (QED) is 0.170. The summed E-state index contributed by atoms with van der Waals surface area (Å²) in [5, 5.41) is 5.83. The largest absolute Gasteiger partial charge is 0.354 e. The molecule has 3 aromatic carbocycles. The van der Waals surface area contributed by atoms with Crippen LogP contribution in [0.4, 0.5) is 11.4 Å². The van der Waals surface area contributed by atoms with Gasteiger partial charge in [-0.05, 0) is 91.7 Å². The molecule has 1 heterocycles. The van der Waals surface area contributed by atoms with Crippen LogP contribution in [0.15, 0.2) is 83.9 Å². The third-order valence-electron chi connectivity index (χ3n) is 7.56. The van der Waals surface area contributed by atoms with Crippen molar-refractivity contribution in [2.75, 3.05) is 5.32 Å². The molecule has 1 aliphatic heterocycles. The molecule has 0 spiro atoms. The van der Waals surface area contributed by atoms with Crippen LogP contribution < -0.4 is 10.7 Å². The van der Waals surface area contributed by atoms with E-state index in [0.29, 0.717) is 15.6 Å². The summed E-state index contributed by atoms with van der Waals surface area (Å²) in [7, 11) is 0. The Hall–Kier alpha value is -3.67. The average Bonchev–Trinajstić information content (AvgIpc) is 2.95. The van der Waals surface area contributed by atoms with Crippen molar-refractivity contribution in [2.24, 2.45) is 4.99 Å². The van der Waals surface area contributed by atoms with Crippen molar-refractivity contribution in [3.8, 4) is 17.1 Å². The smallest absolute Gasteiger partial charge is 0.150 e. The fourth-order valence-corrected chi connectivity index (χ4v) is 5.76. The maximum absolute atomic E-state index is 11.6. The van der Waals surface area contributed by atoms with E-state index in [1.54, 1.807) is 0 Å². The van der Waals surface area contributed by atoms with Crippen LogP contribution in [0.25, 0.3) is 28.1 Å². The highest BCUT2D eigenvalue weighted by molar-refractivity contribution is 6.30. The van der Waals surface area contributed by atoms with E-state index in [4.69, 9.17) is 33.2 Å². The van der Waals surface area contributed by atoms with Gasteiger partial charge in [0.05, 0.1) is 39.5 Å². The number of rotatable bonds is 5. The van der Waals surface area contributed by atoms with Gasteiger partial charge >= 0.3 is 0 Å². The summed E-state index contributed by atoms with van der Waals surface area (Å²) in [6.07, 6.45) is 9.32. The van der Waals surface area contributed by atoms with Crippen LogP contribution in [-0.2, 0) is 0 Å². The van der Waals surface area contributed by atoms with Crippen LogP contribution in [0.2, 0.25) is 10.0 Å². The molecular formula is C33H30Cl2N4O. The SMILES string of the molecule is O=Cc1ccc2c(c1)nc1cc(Nc3ccc(Cl)cc3)c(=NC3CCCCCCC3)cc-1n2-c1ccc(Cl)cc1. The van der Waals surface area contributed by atoms with E-state index in [2.05, 4.69) is 22.0 Å². The predicted octanol–water partition coefficient (Wildman–Crippen LogP) is 9.01. The molecule has 0 unspecified atom stereocenters. The minimum absolute atomic E-state index is 0.274. The second-order valence-electron chi connectivity index (χ2n) is 10.4. The lowest BCUT2D eigenvalue weighted by molar-refractivity contribution is 0.112. The van der Waals surface area contributed by atoms with Crippen LogP contribution in [0, 0.1) is 0 Å². The Morgan fingerprint density at radius 2 is 1.50 bits per heavy atom. The lowest BCUT2D eigenvalue weighted by Crippen LogP contribution is -2.19. The fourth-order valence-electron chi connectivity index (χ4n) is 5.51. The number of nitrogens with zero attached hydrogens (tertiary/aromatic N) is 3. The van der Waals surface area contributed by atoms with E-state index >= 15 is 0 Å². The van der Waals surface area contributed by atoms with Gasteiger partial charge in [-0.3, -0.25) is 9.79 Å². The summed E-state index contributed by atoms with van der Waals surface area (Å²) in [5.74, 6) is 0. The number of anilines is 2. The maximum atomic E-state index is 11.6. The second kappa shape index (κ2) is 11.8. The predicted molar refractivity (Wildman–Crippen MR) is 164 cm³/mol. The van der Waals surface area contributed by atoms with Crippen LogP contribution in [0.1, 0.15) is 55.3 Å². The first-order valence-electron chi connectivity index (χ1n) is 13.9. The zero-order chi connectivity index (χ0) is 27.5. The van der Waals surface area contributed by atoms with Crippen molar-refractivity contribution in [3.05, 3.63) is 99.8 Å². The fraction of sp³-hybridized carbons (Fsp3) is 0.242. The van der Waals surface area contributed by atoms with Gasteiger partial charge in [-0.15, -0.1) is 0 Å². The third-order valence-corrected chi connectivity index (χ3v) is 8.06. The zero-order valence-electron chi connectivity index (χ0n) is 22.1. The van der Waals surface area contributed by atoms with E-state index in [0.717, 1.165) is 64.0 Å². The molecule has 0 aromatic heterocycles. The summed E-state index contributed by atoms with van der Waals surface area (Å²) in [6, 6.07) is 25.5. The Balaban J connectivity index is 1.61. The molecule has 6 rings (SSSR count). The van der Waals surface area contributed by atoms with Gasteiger partial charge < -0.3 is 9.88 Å². The number of carbonyl (C=O) groups is 1. The standard InChI is InChI=1S/C33H30Cl2N4O/c34-23-9-13-26(14-10-23)37-28-19-31-33(20-29(28)36-25-6-4-2-1-3-5-7-25)39(27-15-11-24(35)12-16-27)32-17-8-22(21-40)18-30(32)38-31/h8-21,25,37H,1-7H2. The molecule has 0 radical (unpaired) electrons. The average molecular weight is 570 g/mol. The highest BCUT2D eigenvalue weighted by Crippen LogP contribution is 2.32. The van der Waals surface area contributed by atoms with Crippen LogP contribution in [-0.4, -0.2) is 21.9 Å². The minimum Gasteiger partial charge on any atom is -0.354 e.